The van der Waals surface area contributed by atoms with Crippen LogP contribution in [0.5, 0.6) is 0 Å². The van der Waals surface area contributed by atoms with Crippen molar-refractivity contribution in [2.45, 2.75) is 21.8 Å². The van der Waals surface area contributed by atoms with Gasteiger partial charge in [0.05, 0.1) is 0 Å². The molecule has 7 nitrogen and oxygen atoms in total. The molecule has 0 unspecified atom stereocenters. The Morgan fingerprint density at radius 3 is 1.89 bits per heavy atom. The summed E-state index contributed by atoms with van der Waals surface area (Å²) in [5.41, 5.74) is 0. The average Bonchev–Trinajstić information content (AvgIpc) is 3.11. The van der Waals surface area contributed by atoms with Gasteiger partial charge in [0.15, 0.2) is 16.1 Å². The standard InChI is InChI=1S/C7H8Cl2N2O3S2.C5H3Cl2NOS.2CH4/c1-15-14-13-3-2-10-7(12)5-4(8)6(9)11-16-5;1-2(9)4-3(6)5(7)8-10-4;;/h2-3H2,1H3,(H,10,12);1H3;2*1H4. The van der Waals surface area contributed by atoms with Crippen molar-refractivity contribution in [3.05, 3.63) is 30.1 Å². The van der Waals surface area contributed by atoms with Crippen molar-refractivity contribution in [2.75, 3.05) is 19.4 Å². The van der Waals surface area contributed by atoms with Gasteiger partial charge in [-0.1, -0.05) is 61.3 Å². The fraction of sp³-hybridized carbons (Fsp3) is 0.429. The minimum Gasteiger partial charge on any atom is -0.349 e. The van der Waals surface area contributed by atoms with E-state index in [0.29, 0.717) is 11.4 Å². The summed E-state index contributed by atoms with van der Waals surface area (Å²) in [6.45, 7) is 1.98. The molecule has 160 valence electrons. The minimum atomic E-state index is -0.331. The molecule has 0 saturated heterocycles. The molecule has 0 bridgehead atoms. The van der Waals surface area contributed by atoms with Crippen molar-refractivity contribution in [1.29, 1.82) is 0 Å². The van der Waals surface area contributed by atoms with Crippen LogP contribution in [0, 0.1) is 0 Å². The van der Waals surface area contributed by atoms with Crippen LogP contribution in [0.3, 0.4) is 0 Å². The maximum absolute atomic E-state index is 11.5. The average molecular weight is 531 g/mol. The zero-order valence-electron chi connectivity index (χ0n) is 13.2. The maximum Gasteiger partial charge on any atom is 0.264 e. The highest BCUT2D eigenvalue weighted by Crippen LogP contribution is 2.29. The van der Waals surface area contributed by atoms with Crippen LogP contribution < -0.4 is 5.32 Å². The third-order valence-corrected chi connectivity index (χ3v) is 6.24. The quantitative estimate of drug-likeness (QED) is 0.147. The summed E-state index contributed by atoms with van der Waals surface area (Å²) in [4.78, 5) is 27.6. The number of Topliss-reactive ketones (excluding diaryl/α,β-unsaturated/α-hetero) is 1. The highest BCUT2D eigenvalue weighted by atomic mass is 35.5. The number of amides is 1. The third kappa shape index (κ3) is 9.55. The molecule has 0 atom stereocenters. The Kier molecular flexibility index (Phi) is 16.8. The van der Waals surface area contributed by atoms with Gasteiger partial charge in [-0.05, 0) is 23.1 Å². The van der Waals surface area contributed by atoms with Crippen LogP contribution in [0.4, 0.5) is 0 Å². The summed E-state index contributed by atoms with van der Waals surface area (Å²) < 4.78 is 12.0. The molecule has 0 radical (unpaired) electrons. The number of nitrogens with zero attached hydrogens (tertiary/aromatic N) is 2. The first-order valence-electron chi connectivity index (χ1n) is 6.52. The molecule has 28 heavy (non-hydrogen) atoms. The van der Waals surface area contributed by atoms with Crippen LogP contribution in [0.25, 0.3) is 0 Å². The number of aromatic nitrogens is 2. The Balaban J connectivity index is 0. The zero-order chi connectivity index (χ0) is 19.7. The van der Waals surface area contributed by atoms with Gasteiger partial charge in [0.25, 0.3) is 5.91 Å². The van der Waals surface area contributed by atoms with E-state index in [4.69, 9.17) is 46.4 Å². The first-order chi connectivity index (χ1) is 12.3. The molecule has 2 aromatic rings. The van der Waals surface area contributed by atoms with Gasteiger partial charge in [-0.25, -0.2) is 4.89 Å². The molecule has 0 spiro atoms. The Labute approximate surface area is 196 Å². The summed E-state index contributed by atoms with van der Waals surface area (Å²) >= 11 is 25.5. The summed E-state index contributed by atoms with van der Waals surface area (Å²) in [7, 11) is 0. The second kappa shape index (κ2) is 15.6. The van der Waals surface area contributed by atoms with Crippen molar-refractivity contribution in [2.24, 2.45) is 0 Å². The molecule has 2 heterocycles. The van der Waals surface area contributed by atoms with Gasteiger partial charge in [0.1, 0.15) is 26.4 Å². The van der Waals surface area contributed by atoms with Crippen LogP contribution in [-0.4, -0.2) is 39.8 Å². The lowest BCUT2D eigenvalue weighted by Crippen LogP contribution is -2.26. The highest BCUT2D eigenvalue weighted by molar-refractivity contribution is 7.93. The predicted molar refractivity (Wildman–Crippen MR) is 121 cm³/mol. The summed E-state index contributed by atoms with van der Waals surface area (Å²) in [6.07, 6.45) is 1.72. The second-order valence-corrected chi connectivity index (χ2v) is 7.59. The smallest absolute Gasteiger partial charge is 0.264 e. The normalized spacial score (nSPS) is 9.50. The molecule has 2 rings (SSSR count). The van der Waals surface area contributed by atoms with Crippen molar-refractivity contribution in [3.63, 3.8) is 0 Å². The lowest BCUT2D eigenvalue weighted by molar-refractivity contribution is -0.187. The SMILES string of the molecule is C.C.CC(=O)c1snc(Cl)c1Cl.CSOOCCNC(=O)c1snc(Cl)c1Cl. The van der Waals surface area contributed by atoms with E-state index < -0.39 is 0 Å². The van der Waals surface area contributed by atoms with Gasteiger partial charge >= 0.3 is 0 Å². The molecular formula is C14H19Cl4N3O4S3. The van der Waals surface area contributed by atoms with Gasteiger partial charge in [-0.2, -0.15) is 13.1 Å². The number of hydrogen-bond donors (Lipinski definition) is 1. The Hall–Kier alpha value is -0.170. The lowest BCUT2D eigenvalue weighted by atomic mass is 10.4. The molecule has 1 amide bonds. The lowest BCUT2D eigenvalue weighted by Gasteiger charge is -2.02. The highest BCUT2D eigenvalue weighted by Gasteiger charge is 2.16. The maximum atomic E-state index is 11.5. The molecule has 0 aromatic carbocycles. The van der Waals surface area contributed by atoms with E-state index >= 15 is 0 Å². The van der Waals surface area contributed by atoms with E-state index in [1.165, 1.54) is 6.92 Å². The van der Waals surface area contributed by atoms with Crippen molar-refractivity contribution in [1.82, 2.24) is 14.1 Å². The van der Waals surface area contributed by atoms with Gasteiger partial charge in [-0.15, -0.1) is 0 Å². The summed E-state index contributed by atoms with van der Waals surface area (Å²) in [5.74, 6) is -0.434. The van der Waals surface area contributed by atoms with Gasteiger partial charge in [0.2, 0.25) is 0 Å². The molecule has 2 aromatic heterocycles. The first-order valence-corrected chi connectivity index (χ1v) is 10.7. The van der Waals surface area contributed by atoms with Gasteiger partial charge in [-0.3, -0.25) is 9.59 Å². The van der Waals surface area contributed by atoms with Crippen LogP contribution >= 0.6 is 81.5 Å². The number of nitrogens with one attached hydrogen (secondary N) is 1. The van der Waals surface area contributed by atoms with Gasteiger partial charge < -0.3 is 5.32 Å². The van der Waals surface area contributed by atoms with Gasteiger partial charge in [0, 0.05) is 31.8 Å². The third-order valence-electron chi connectivity index (χ3n) is 2.31. The molecule has 0 aliphatic carbocycles. The fourth-order valence-electron chi connectivity index (χ4n) is 1.25. The first kappa shape index (κ1) is 30.0. The number of hydrogen-bond acceptors (Lipinski definition) is 9. The molecule has 0 aliphatic heterocycles. The van der Waals surface area contributed by atoms with Crippen LogP contribution in [0.1, 0.15) is 41.1 Å². The van der Waals surface area contributed by atoms with Crippen molar-refractivity contribution in [3.8, 4) is 0 Å². The van der Waals surface area contributed by atoms with Crippen molar-refractivity contribution < 1.29 is 18.8 Å². The molecule has 1 N–H and O–H groups in total. The van der Waals surface area contributed by atoms with Crippen LogP contribution in [0.2, 0.25) is 20.4 Å². The number of halogens is 4. The fourth-order valence-corrected chi connectivity index (χ4v) is 3.69. The second-order valence-electron chi connectivity index (χ2n) is 4.10. The van der Waals surface area contributed by atoms with E-state index in [2.05, 4.69) is 23.3 Å². The van der Waals surface area contributed by atoms with E-state index in [9.17, 15) is 9.59 Å². The van der Waals surface area contributed by atoms with E-state index in [1.54, 1.807) is 6.26 Å². The number of carbonyl (C=O) groups is 2. The summed E-state index contributed by atoms with van der Waals surface area (Å²) in [5, 5.41) is 3.36. The zero-order valence-corrected chi connectivity index (χ0v) is 18.7. The minimum absolute atomic E-state index is 0. The number of carbonyl (C=O) groups excluding carboxylic acids is 2. The van der Waals surface area contributed by atoms with Crippen molar-refractivity contribution >= 4 is 93.2 Å². The monoisotopic (exact) mass is 529 g/mol. The van der Waals surface area contributed by atoms with E-state index in [0.717, 1.165) is 35.1 Å². The molecule has 0 fully saturated rings. The van der Waals surface area contributed by atoms with E-state index in [-0.39, 0.29) is 58.4 Å². The molecular weight excluding hydrogens is 512 g/mol. The molecule has 0 saturated carbocycles. The Bertz CT molecular complexity index is 758. The Morgan fingerprint density at radius 2 is 1.54 bits per heavy atom. The number of ketones is 1. The van der Waals surface area contributed by atoms with Crippen LogP contribution in [0.15, 0.2) is 0 Å². The Morgan fingerprint density at radius 1 is 1.04 bits per heavy atom. The van der Waals surface area contributed by atoms with Crippen LogP contribution in [-0.2, 0) is 9.22 Å². The largest absolute Gasteiger partial charge is 0.349 e. The molecule has 14 heteroatoms. The van der Waals surface area contributed by atoms with E-state index in [1.807, 2.05) is 0 Å². The number of rotatable bonds is 7. The topological polar surface area (TPSA) is 90.4 Å². The summed E-state index contributed by atoms with van der Waals surface area (Å²) in [6, 6.07) is 0. The molecule has 0 aliphatic rings. The predicted octanol–water partition coefficient (Wildman–Crippen LogP) is 6.33.